The van der Waals surface area contributed by atoms with E-state index in [1.54, 1.807) is 0 Å². The van der Waals surface area contributed by atoms with Crippen molar-refractivity contribution in [2.75, 3.05) is 39.8 Å². The molecule has 0 aliphatic heterocycles. The first-order chi connectivity index (χ1) is 22.9. The molecule has 284 valence electrons. The van der Waals surface area contributed by atoms with Gasteiger partial charge < -0.3 is 24.0 Å². The Balaban J connectivity index is 5.29. The summed E-state index contributed by atoms with van der Waals surface area (Å²) < 4.78 is 17.7. The van der Waals surface area contributed by atoms with Crippen LogP contribution >= 0.6 is 0 Å². The number of hydrogen-bond acceptors (Lipinski definition) is 8. The minimum atomic E-state index is -0.303. The lowest BCUT2D eigenvalue weighted by molar-refractivity contribution is -0.156. The van der Waals surface area contributed by atoms with Gasteiger partial charge in [0, 0.05) is 19.6 Å². The Morgan fingerprint density at radius 2 is 0.812 bits per heavy atom. The highest BCUT2D eigenvalue weighted by molar-refractivity contribution is 5.73. The zero-order chi connectivity index (χ0) is 36.3. The number of ether oxygens (including phenoxy) is 3. The van der Waals surface area contributed by atoms with Crippen molar-refractivity contribution in [2.45, 2.75) is 183 Å². The van der Waals surface area contributed by atoms with Gasteiger partial charge in [0.15, 0.2) is 0 Å². The molecular weight excluding hydrogens is 604 g/mol. The normalized spacial score (nSPS) is 15.5. The smallest absolute Gasteiger partial charge is 0.310 e. The molecule has 6 atom stereocenters. The summed E-state index contributed by atoms with van der Waals surface area (Å²) in [5.74, 6) is -1.25. The highest BCUT2D eigenvalue weighted by atomic mass is 16.6. The molecule has 48 heavy (non-hydrogen) atoms. The third kappa shape index (κ3) is 22.1. The molecule has 0 saturated heterocycles. The van der Waals surface area contributed by atoms with Crippen LogP contribution < -0.4 is 0 Å². The summed E-state index contributed by atoms with van der Waals surface area (Å²) in [5, 5.41) is 0. The molecule has 0 fully saturated rings. The predicted molar refractivity (Wildman–Crippen MR) is 199 cm³/mol. The fourth-order valence-electron chi connectivity index (χ4n) is 6.12. The van der Waals surface area contributed by atoms with Gasteiger partial charge in [0.1, 0.15) is 18.3 Å². The maximum absolute atomic E-state index is 13.2. The lowest BCUT2D eigenvalue weighted by Gasteiger charge is -2.29. The molecule has 0 bridgehead atoms. The molecular formula is C40H78N2O6. The molecule has 0 aliphatic carbocycles. The van der Waals surface area contributed by atoms with Crippen LogP contribution in [0.1, 0.15) is 165 Å². The zero-order valence-corrected chi connectivity index (χ0v) is 33.2. The fraction of sp³-hybridized carbons (Fsp3) is 0.925. The van der Waals surface area contributed by atoms with Gasteiger partial charge in [0.05, 0.1) is 17.8 Å². The van der Waals surface area contributed by atoms with Crippen LogP contribution in [0.3, 0.4) is 0 Å². The van der Waals surface area contributed by atoms with Gasteiger partial charge in [-0.1, -0.05) is 101 Å². The zero-order valence-electron chi connectivity index (χ0n) is 33.2. The Morgan fingerprint density at radius 3 is 1.12 bits per heavy atom. The fourth-order valence-corrected chi connectivity index (χ4v) is 6.12. The molecule has 8 heteroatoms. The molecule has 0 radical (unpaired) electrons. The van der Waals surface area contributed by atoms with E-state index < -0.39 is 0 Å². The van der Waals surface area contributed by atoms with E-state index in [1.165, 1.54) is 6.42 Å². The molecule has 6 unspecified atom stereocenters. The summed E-state index contributed by atoms with van der Waals surface area (Å²) in [5.41, 5.74) is 0. The Kier molecular flexibility index (Phi) is 28.1. The van der Waals surface area contributed by atoms with Crippen LogP contribution in [-0.2, 0) is 28.6 Å². The minimum Gasteiger partial charge on any atom is -0.462 e. The number of unbranched alkanes of at least 4 members (excludes halogenated alkanes) is 6. The van der Waals surface area contributed by atoms with Crippen molar-refractivity contribution in [1.82, 2.24) is 9.80 Å². The Morgan fingerprint density at radius 1 is 0.479 bits per heavy atom. The van der Waals surface area contributed by atoms with Crippen molar-refractivity contribution in [2.24, 2.45) is 17.8 Å². The molecule has 0 aromatic rings. The van der Waals surface area contributed by atoms with Crippen LogP contribution in [0.2, 0.25) is 0 Å². The van der Waals surface area contributed by atoms with Crippen LogP contribution in [0.5, 0.6) is 0 Å². The molecule has 0 aromatic heterocycles. The van der Waals surface area contributed by atoms with Crippen LogP contribution in [0.15, 0.2) is 0 Å². The molecule has 0 N–H and O–H groups in total. The van der Waals surface area contributed by atoms with Crippen LogP contribution in [0.4, 0.5) is 0 Å². The summed E-state index contributed by atoms with van der Waals surface area (Å²) >= 11 is 0. The molecule has 0 aromatic carbocycles. The highest BCUT2D eigenvalue weighted by Gasteiger charge is 2.26. The number of esters is 3. The molecule has 0 rings (SSSR count). The number of carbonyl (C=O) groups is 3. The summed E-state index contributed by atoms with van der Waals surface area (Å²) in [7, 11) is 2.04. The standard InChI is InChI=1S/C40H78N2O6/c1-11-17-20-24-35(14-4)46-38(43)32(7)29-41(10)27-23-28-42(30-33(8)39(44)47-36(15-5)25-21-18-12-2)31-34(9)40(45)48-37(16-6)26-22-19-13-3/h32-37H,11-31H2,1-10H3. The summed E-state index contributed by atoms with van der Waals surface area (Å²) in [6.45, 7) is 21.8. The van der Waals surface area contributed by atoms with E-state index in [2.05, 4.69) is 51.3 Å². The maximum Gasteiger partial charge on any atom is 0.310 e. The van der Waals surface area contributed by atoms with Crippen molar-refractivity contribution < 1.29 is 28.6 Å². The number of carbonyl (C=O) groups excluding carboxylic acids is 3. The van der Waals surface area contributed by atoms with Gasteiger partial charge in [-0.2, -0.15) is 0 Å². The van der Waals surface area contributed by atoms with Crippen molar-refractivity contribution in [3.05, 3.63) is 0 Å². The lowest BCUT2D eigenvalue weighted by atomic mass is 10.1. The second-order valence-electron chi connectivity index (χ2n) is 14.5. The SMILES string of the molecule is CCCCCC(CC)OC(=O)C(C)CN(C)CCCN(CC(C)C(=O)OC(CC)CCCCC)CC(C)C(=O)OC(CC)CCCCC. The van der Waals surface area contributed by atoms with Crippen molar-refractivity contribution in [3.63, 3.8) is 0 Å². The van der Waals surface area contributed by atoms with Crippen LogP contribution in [0, 0.1) is 17.8 Å². The second-order valence-corrected chi connectivity index (χ2v) is 14.5. The summed E-state index contributed by atoms with van der Waals surface area (Å²) in [6, 6.07) is 0. The monoisotopic (exact) mass is 683 g/mol. The van der Waals surface area contributed by atoms with E-state index >= 15 is 0 Å². The van der Waals surface area contributed by atoms with Crippen molar-refractivity contribution in [1.29, 1.82) is 0 Å². The Labute approximate surface area is 296 Å². The van der Waals surface area contributed by atoms with Gasteiger partial charge in [-0.25, -0.2) is 0 Å². The van der Waals surface area contributed by atoms with E-state index in [0.717, 1.165) is 109 Å². The van der Waals surface area contributed by atoms with Crippen molar-refractivity contribution in [3.8, 4) is 0 Å². The summed E-state index contributed by atoms with van der Waals surface area (Å²) in [4.78, 5) is 43.5. The summed E-state index contributed by atoms with van der Waals surface area (Å²) in [6.07, 6.45) is 16.1. The molecule has 0 saturated carbocycles. The van der Waals surface area contributed by atoms with E-state index in [1.807, 2.05) is 27.8 Å². The van der Waals surface area contributed by atoms with Gasteiger partial charge in [0.25, 0.3) is 0 Å². The average molecular weight is 683 g/mol. The van der Waals surface area contributed by atoms with E-state index in [9.17, 15) is 14.4 Å². The van der Waals surface area contributed by atoms with Crippen LogP contribution in [-0.4, -0.2) is 85.8 Å². The molecule has 8 nitrogen and oxygen atoms in total. The Hall–Kier alpha value is -1.67. The first-order valence-electron chi connectivity index (χ1n) is 20.0. The molecule has 0 amide bonds. The molecule has 0 aliphatic rings. The van der Waals surface area contributed by atoms with Gasteiger partial charge in [-0.3, -0.25) is 14.4 Å². The maximum atomic E-state index is 13.2. The highest BCUT2D eigenvalue weighted by Crippen LogP contribution is 2.17. The first-order valence-corrected chi connectivity index (χ1v) is 20.0. The van der Waals surface area contributed by atoms with Gasteiger partial charge >= 0.3 is 17.9 Å². The Bertz CT molecular complexity index is 784. The largest absolute Gasteiger partial charge is 0.462 e. The molecule has 0 spiro atoms. The lowest BCUT2D eigenvalue weighted by Crippen LogP contribution is -2.40. The average Bonchev–Trinajstić information content (AvgIpc) is 3.06. The number of rotatable bonds is 31. The van der Waals surface area contributed by atoms with Crippen LogP contribution in [0.25, 0.3) is 0 Å². The number of nitrogens with zero attached hydrogens (tertiary/aromatic N) is 2. The van der Waals surface area contributed by atoms with Gasteiger partial charge in [-0.15, -0.1) is 0 Å². The van der Waals surface area contributed by atoms with Gasteiger partial charge in [-0.05, 0) is 84.3 Å². The third-order valence-corrected chi connectivity index (χ3v) is 9.47. The minimum absolute atomic E-state index is 0.000570. The van der Waals surface area contributed by atoms with E-state index in [4.69, 9.17) is 14.2 Å². The molecule has 0 heterocycles. The third-order valence-electron chi connectivity index (χ3n) is 9.47. The van der Waals surface area contributed by atoms with E-state index in [-0.39, 0.29) is 54.0 Å². The first kappa shape index (κ1) is 46.3. The van der Waals surface area contributed by atoms with Crippen molar-refractivity contribution >= 4 is 17.9 Å². The topological polar surface area (TPSA) is 85.4 Å². The number of hydrogen-bond donors (Lipinski definition) is 0. The quantitative estimate of drug-likeness (QED) is 0.0407. The van der Waals surface area contributed by atoms with Gasteiger partial charge in [0.2, 0.25) is 0 Å². The second kappa shape index (κ2) is 29.1. The van der Waals surface area contributed by atoms with E-state index in [0.29, 0.717) is 19.6 Å². The predicted octanol–water partition coefficient (Wildman–Crippen LogP) is 9.22.